The molecule has 0 atom stereocenters. The number of hydrogen-bond donors (Lipinski definition) is 0. The summed E-state index contributed by atoms with van der Waals surface area (Å²) in [5.41, 5.74) is 3.04. The molecular weight excluding hydrogens is 304 g/mol. The lowest BCUT2D eigenvalue weighted by Gasteiger charge is -2.30. The van der Waals surface area contributed by atoms with E-state index in [1.54, 1.807) is 0 Å². The fourth-order valence-corrected chi connectivity index (χ4v) is 3.78. The summed E-state index contributed by atoms with van der Waals surface area (Å²) in [6.07, 6.45) is 8.77. The first kappa shape index (κ1) is 16.2. The molecule has 1 saturated carbocycles. The van der Waals surface area contributed by atoms with Crippen molar-refractivity contribution in [2.24, 2.45) is 0 Å². The minimum absolute atomic E-state index is 0.0592. The normalized spacial score (nSPS) is 21.6. The van der Waals surface area contributed by atoms with Crippen molar-refractivity contribution in [3.8, 4) is 0 Å². The lowest BCUT2D eigenvalue weighted by molar-refractivity contribution is -0.124. The molecule has 4 heteroatoms. The Morgan fingerprint density at radius 2 is 1.83 bits per heavy atom. The number of nitrogens with zero attached hydrogens (tertiary/aromatic N) is 2. The van der Waals surface area contributed by atoms with Crippen molar-refractivity contribution >= 4 is 29.3 Å². The molecule has 2 aliphatic rings. The Kier molecular flexibility index (Phi) is 4.81. The van der Waals surface area contributed by atoms with Gasteiger partial charge < -0.3 is 4.90 Å². The number of amides is 1. The second-order valence-electron chi connectivity index (χ2n) is 6.43. The Labute approximate surface area is 144 Å². The van der Waals surface area contributed by atoms with E-state index in [4.69, 9.17) is 12.2 Å². The Morgan fingerprint density at radius 3 is 2.43 bits per heavy atom. The number of carbonyl (C=O) groups is 1. The molecule has 0 aromatic heterocycles. The van der Waals surface area contributed by atoms with Gasteiger partial charge in [0.05, 0.1) is 0 Å². The second-order valence-corrected chi connectivity index (χ2v) is 6.80. The van der Waals surface area contributed by atoms with Gasteiger partial charge >= 0.3 is 0 Å². The van der Waals surface area contributed by atoms with Crippen LogP contribution >= 0.6 is 12.2 Å². The van der Waals surface area contributed by atoms with Crippen molar-refractivity contribution in [3.05, 3.63) is 41.1 Å². The van der Waals surface area contributed by atoms with Gasteiger partial charge in [-0.25, -0.2) is 0 Å². The van der Waals surface area contributed by atoms with E-state index < -0.39 is 0 Å². The van der Waals surface area contributed by atoms with Gasteiger partial charge in [0.25, 0.3) is 5.91 Å². The van der Waals surface area contributed by atoms with E-state index in [1.165, 1.54) is 24.8 Å². The summed E-state index contributed by atoms with van der Waals surface area (Å²) in [4.78, 5) is 16.6. The van der Waals surface area contributed by atoms with Crippen LogP contribution in [-0.4, -0.2) is 33.9 Å². The average Bonchev–Trinajstić information content (AvgIpc) is 2.80. The van der Waals surface area contributed by atoms with Crippen LogP contribution in [-0.2, 0) is 11.2 Å². The molecule has 3 nitrogen and oxygen atoms in total. The maximum absolute atomic E-state index is 12.9. The predicted molar refractivity (Wildman–Crippen MR) is 97.9 cm³/mol. The van der Waals surface area contributed by atoms with Gasteiger partial charge in [0.15, 0.2) is 5.11 Å². The highest BCUT2D eigenvalue weighted by molar-refractivity contribution is 7.80. The molecule has 0 bridgehead atoms. The minimum atomic E-state index is 0.0592. The molecule has 1 amide bonds. The molecule has 1 aliphatic carbocycles. The van der Waals surface area contributed by atoms with Crippen molar-refractivity contribution in [3.63, 3.8) is 0 Å². The van der Waals surface area contributed by atoms with Gasteiger partial charge in [-0.3, -0.25) is 9.69 Å². The highest BCUT2D eigenvalue weighted by atomic mass is 32.1. The first-order chi connectivity index (χ1) is 11.1. The Morgan fingerprint density at radius 1 is 1.17 bits per heavy atom. The highest BCUT2D eigenvalue weighted by Crippen LogP contribution is 2.30. The summed E-state index contributed by atoms with van der Waals surface area (Å²) in [6, 6.07) is 8.64. The highest BCUT2D eigenvalue weighted by Gasteiger charge is 2.40. The summed E-state index contributed by atoms with van der Waals surface area (Å²) in [7, 11) is 1.90. The van der Waals surface area contributed by atoms with Gasteiger partial charge in [0.2, 0.25) is 0 Å². The van der Waals surface area contributed by atoms with E-state index in [-0.39, 0.29) is 11.9 Å². The molecule has 1 heterocycles. The summed E-state index contributed by atoms with van der Waals surface area (Å²) >= 11 is 5.54. The Balaban J connectivity index is 1.85. The predicted octanol–water partition coefficient (Wildman–Crippen LogP) is 3.98. The molecule has 1 aliphatic heterocycles. The lowest BCUT2D eigenvalue weighted by Crippen LogP contribution is -2.41. The number of likely N-dealkylation sites (N-methyl/N-ethyl adjacent to an activating group) is 1. The van der Waals surface area contributed by atoms with E-state index in [0.717, 1.165) is 24.8 Å². The van der Waals surface area contributed by atoms with Gasteiger partial charge in [-0.05, 0) is 48.7 Å². The SMILES string of the molecule is CCc1ccc(C=C2C(=O)N(C3CCCCC3)C(=S)N2C)cc1. The molecule has 0 radical (unpaired) electrons. The zero-order valence-corrected chi connectivity index (χ0v) is 14.7. The number of rotatable bonds is 3. The molecule has 2 fully saturated rings. The van der Waals surface area contributed by atoms with E-state index in [0.29, 0.717) is 10.8 Å². The van der Waals surface area contributed by atoms with Gasteiger partial charge in [0.1, 0.15) is 5.70 Å². The molecule has 23 heavy (non-hydrogen) atoms. The van der Waals surface area contributed by atoms with Gasteiger partial charge in [-0.1, -0.05) is 50.5 Å². The van der Waals surface area contributed by atoms with E-state index in [9.17, 15) is 4.79 Å². The van der Waals surface area contributed by atoms with Crippen LogP contribution in [0.3, 0.4) is 0 Å². The first-order valence-corrected chi connectivity index (χ1v) is 8.94. The first-order valence-electron chi connectivity index (χ1n) is 8.53. The maximum Gasteiger partial charge on any atom is 0.277 e. The zero-order valence-electron chi connectivity index (χ0n) is 13.9. The van der Waals surface area contributed by atoms with Crippen LogP contribution in [0.15, 0.2) is 30.0 Å². The quantitative estimate of drug-likeness (QED) is 0.619. The molecule has 3 rings (SSSR count). The summed E-state index contributed by atoms with van der Waals surface area (Å²) in [5, 5.41) is 0.651. The van der Waals surface area contributed by atoms with Crippen LogP contribution in [0.2, 0.25) is 0 Å². The molecule has 1 saturated heterocycles. The van der Waals surface area contributed by atoms with Crippen molar-refractivity contribution < 1.29 is 4.79 Å². The molecule has 0 spiro atoms. The summed E-state index contributed by atoms with van der Waals surface area (Å²) < 4.78 is 0. The number of aryl methyl sites for hydroxylation is 1. The third kappa shape index (κ3) is 3.18. The number of benzene rings is 1. The number of carbonyl (C=O) groups excluding carboxylic acids is 1. The maximum atomic E-state index is 12.9. The van der Waals surface area contributed by atoms with Crippen molar-refractivity contribution in [1.82, 2.24) is 9.80 Å². The van der Waals surface area contributed by atoms with Crippen molar-refractivity contribution in [2.45, 2.75) is 51.5 Å². The molecule has 1 aromatic rings. The van der Waals surface area contributed by atoms with Crippen molar-refractivity contribution in [2.75, 3.05) is 7.05 Å². The van der Waals surface area contributed by atoms with E-state index >= 15 is 0 Å². The van der Waals surface area contributed by atoms with Crippen LogP contribution in [0, 0.1) is 0 Å². The summed E-state index contributed by atoms with van der Waals surface area (Å²) in [5.74, 6) is 0.0592. The zero-order chi connectivity index (χ0) is 16.4. The second kappa shape index (κ2) is 6.83. The summed E-state index contributed by atoms with van der Waals surface area (Å²) in [6.45, 7) is 2.14. The van der Waals surface area contributed by atoms with Crippen molar-refractivity contribution in [1.29, 1.82) is 0 Å². The van der Waals surface area contributed by atoms with E-state index in [2.05, 4.69) is 31.2 Å². The van der Waals surface area contributed by atoms with Crippen LogP contribution < -0.4 is 0 Å². The van der Waals surface area contributed by atoms with Crippen LogP contribution in [0.5, 0.6) is 0 Å². The molecule has 122 valence electrons. The third-order valence-corrected chi connectivity index (χ3v) is 5.39. The molecule has 0 unspecified atom stereocenters. The van der Waals surface area contributed by atoms with E-state index in [1.807, 2.05) is 22.9 Å². The Hall–Kier alpha value is -1.68. The fourth-order valence-electron chi connectivity index (χ4n) is 3.45. The van der Waals surface area contributed by atoms with Gasteiger partial charge in [-0.15, -0.1) is 0 Å². The van der Waals surface area contributed by atoms with Gasteiger partial charge in [0, 0.05) is 13.1 Å². The standard InChI is InChI=1S/C19H24N2OS/c1-3-14-9-11-15(12-10-14)13-17-18(22)21(19(23)20(17)2)16-7-5-4-6-8-16/h9-13,16H,3-8H2,1-2H3. The van der Waals surface area contributed by atoms with Crippen LogP contribution in [0.1, 0.15) is 50.2 Å². The smallest absolute Gasteiger partial charge is 0.277 e. The topological polar surface area (TPSA) is 23.6 Å². The largest absolute Gasteiger partial charge is 0.317 e. The fraction of sp³-hybridized carbons (Fsp3) is 0.474. The third-order valence-electron chi connectivity index (χ3n) is 4.92. The monoisotopic (exact) mass is 328 g/mol. The minimum Gasteiger partial charge on any atom is -0.317 e. The van der Waals surface area contributed by atoms with Gasteiger partial charge in [-0.2, -0.15) is 0 Å². The molecular formula is C19H24N2OS. The lowest BCUT2D eigenvalue weighted by atomic mass is 9.94. The molecule has 0 N–H and O–H groups in total. The average molecular weight is 328 g/mol. The van der Waals surface area contributed by atoms with Crippen LogP contribution in [0.25, 0.3) is 6.08 Å². The molecule has 1 aromatic carbocycles. The Bertz CT molecular complexity index is 629. The number of thiocarbonyl (C=S) groups is 1. The number of hydrogen-bond acceptors (Lipinski definition) is 2. The van der Waals surface area contributed by atoms with Crippen LogP contribution in [0.4, 0.5) is 0 Å².